The van der Waals surface area contributed by atoms with Gasteiger partial charge in [0.25, 0.3) is 0 Å². The molecule has 6 nitrogen and oxygen atoms in total. The first-order valence-electron chi connectivity index (χ1n) is 8.96. The molecule has 148 valence electrons. The summed E-state index contributed by atoms with van der Waals surface area (Å²) in [4.78, 5) is 36.4. The second-order valence-electron chi connectivity index (χ2n) is 6.35. The fourth-order valence-electron chi connectivity index (χ4n) is 2.86. The van der Waals surface area contributed by atoms with Crippen LogP contribution in [0.4, 0.5) is 0 Å². The van der Waals surface area contributed by atoms with E-state index in [4.69, 9.17) is 21.4 Å². The van der Waals surface area contributed by atoms with Crippen LogP contribution in [0.1, 0.15) is 24.8 Å². The van der Waals surface area contributed by atoms with E-state index in [1.807, 2.05) is 6.07 Å². The van der Waals surface area contributed by atoms with Crippen LogP contribution >= 0.6 is 11.6 Å². The Morgan fingerprint density at radius 2 is 2.18 bits per heavy atom. The second-order valence-corrected chi connectivity index (χ2v) is 6.79. The van der Waals surface area contributed by atoms with Crippen LogP contribution in [0.15, 0.2) is 36.4 Å². The normalized spacial score (nSPS) is 16.7. The first-order valence-corrected chi connectivity index (χ1v) is 9.33. The highest BCUT2D eigenvalue weighted by Gasteiger charge is 2.25. The van der Waals surface area contributed by atoms with Crippen molar-refractivity contribution < 1.29 is 24.2 Å². The molecule has 0 aromatic heterocycles. The lowest BCUT2D eigenvalue weighted by Crippen LogP contribution is -2.42. The van der Waals surface area contributed by atoms with Gasteiger partial charge in [0, 0.05) is 17.9 Å². The molecule has 1 aromatic rings. The molecule has 1 N–H and O–H groups in total. The first-order chi connectivity index (χ1) is 13.5. The van der Waals surface area contributed by atoms with Crippen molar-refractivity contribution in [2.24, 2.45) is 0 Å². The fraction of sp³-hybridized carbons (Fsp3) is 0.381. The van der Waals surface area contributed by atoms with Crippen LogP contribution in [-0.4, -0.2) is 53.5 Å². The maximum atomic E-state index is 12.2. The SMILES string of the molecule is O=C(O)COCC#CCN1C(=O)CCC[C@@H]1C=CC(=O)Cc1cccc(Cl)c1. The number of amides is 1. The predicted molar refractivity (Wildman–Crippen MR) is 105 cm³/mol. The number of ketones is 1. The van der Waals surface area contributed by atoms with Gasteiger partial charge < -0.3 is 14.7 Å². The standard InChI is InChI=1S/C21H22ClNO5/c22-17-6-3-5-16(13-17)14-19(24)10-9-18-7-4-8-20(25)23(18)11-1-2-12-28-15-21(26)27/h3,5-6,9-10,13,18H,4,7-8,11-12,14-15H2,(H,26,27)/t18-/m1/s1. The minimum atomic E-state index is -1.05. The summed E-state index contributed by atoms with van der Waals surface area (Å²) in [6.45, 7) is -0.197. The molecule has 28 heavy (non-hydrogen) atoms. The molecule has 2 rings (SSSR count). The van der Waals surface area contributed by atoms with E-state index in [-0.39, 0.29) is 37.3 Å². The fourth-order valence-corrected chi connectivity index (χ4v) is 3.07. The molecule has 7 heteroatoms. The van der Waals surface area contributed by atoms with Crippen molar-refractivity contribution in [3.8, 4) is 11.8 Å². The summed E-state index contributed by atoms with van der Waals surface area (Å²) >= 11 is 5.93. The lowest BCUT2D eigenvalue weighted by molar-refractivity contribution is -0.141. The van der Waals surface area contributed by atoms with E-state index in [2.05, 4.69) is 11.8 Å². The van der Waals surface area contributed by atoms with Gasteiger partial charge in [-0.05, 0) is 36.6 Å². The van der Waals surface area contributed by atoms with Crippen molar-refractivity contribution in [2.45, 2.75) is 31.7 Å². The molecule has 0 saturated carbocycles. The first kappa shape index (κ1) is 21.7. The Hall–Kier alpha value is -2.62. The monoisotopic (exact) mass is 403 g/mol. The van der Waals surface area contributed by atoms with Crippen LogP contribution in [0.2, 0.25) is 5.02 Å². The Bertz CT molecular complexity index is 809. The molecule has 0 aliphatic carbocycles. The third-order valence-corrected chi connectivity index (χ3v) is 4.39. The summed E-state index contributed by atoms with van der Waals surface area (Å²) in [5, 5.41) is 9.07. The van der Waals surface area contributed by atoms with Gasteiger partial charge in [-0.3, -0.25) is 9.59 Å². The number of hydrogen-bond donors (Lipinski definition) is 1. The van der Waals surface area contributed by atoms with Gasteiger partial charge in [-0.15, -0.1) is 0 Å². The Morgan fingerprint density at radius 3 is 2.93 bits per heavy atom. The number of carbonyl (C=O) groups excluding carboxylic acids is 2. The van der Waals surface area contributed by atoms with Crippen molar-refractivity contribution in [3.63, 3.8) is 0 Å². The number of carboxylic acids is 1. The zero-order valence-corrected chi connectivity index (χ0v) is 16.2. The summed E-state index contributed by atoms with van der Waals surface area (Å²) in [5.41, 5.74) is 0.839. The molecule has 1 aliphatic heterocycles. The van der Waals surface area contributed by atoms with E-state index in [0.717, 1.165) is 18.4 Å². The number of benzene rings is 1. The third-order valence-electron chi connectivity index (χ3n) is 4.16. The Morgan fingerprint density at radius 1 is 1.36 bits per heavy atom. The summed E-state index contributed by atoms with van der Waals surface area (Å²) in [7, 11) is 0. The zero-order chi connectivity index (χ0) is 20.4. The molecule has 1 saturated heterocycles. The van der Waals surface area contributed by atoms with Crippen LogP contribution in [0, 0.1) is 11.8 Å². The van der Waals surface area contributed by atoms with E-state index in [1.54, 1.807) is 29.2 Å². The van der Waals surface area contributed by atoms with Crippen molar-refractivity contribution in [3.05, 3.63) is 47.0 Å². The van der Waals surface area contributed by atoms with Crippen molar-refractivity contribution in [1.82, 2.24) is 4.90 Å². The summed E-state index contributed by atoms with van der Waals surface area (Å²) in [5.74, 6) is 4.40. The molecular formula is C21H22ClNO5. The quantitative estimate of drug-likeness (QED) is 0.409. The molecule has 0 radical (unpaired) electrons. The molecule has 1 fully saturated rings. The van der Waals surface area contributed by atoms with Crippen molar-refractivity contribution in [2.75, 3.05) is 19.8 Å². The summed E-state index contributed by atoms with van der Waals surface area (Å²) in [6.07, 6.45) is 5.51. The molecule has 1 atom stereocenters. The average molecular weight is 404 g/mol. The Kier molecular flexibility index (Phi) is 8.73. The molecular weight excluding hydrogens is 382 g/mol. The van der Waals surface area contributed by atoms with Crippen molar-refractivity contribution in [1.29, 1.82) is 0 Å². The maximum Gasteiger partial charge on any atom is 0.329 e. The number of carboxylic acid groups (broad SMARTS) is 1. The average Bonchev–Trinajstić information content (AvgIpc) is 2.64. The molecule has 1 aromatic carbocycles. The number of likely N-dealkylation sites (tertiary alicyclic amines) is 1. The Labute approximate surface area is 169 Å². The number of allylic oxidation sites excluding steroid dienone is 1. The predicted octanol–water partition coefficient (Wildman–Crippen LogP) is 2.49. The second kappa shape index (κ2) is 11.3. The third kappa shape index (κ3) is 7.55. The van der Waals surface area contributed by atoms with Gasteiger partial charge in [0.05, 0.1) is 12.6 Å². The number of nitrogens with zero attached hydrogens (tertiary/aromatic N) is 1. The highest BCUT2D eigenvalue weighted by molar-refractivity contribution is 6.30. The van der Waals surface area contributed by atoms with Crippen LogP contribution in [0.5, 0.6) is 0 Å². The van der Waals surface area contributed by atoms with Crippen LogP contribution in [0.3, 0.4) is 0 Å². The molecule has 1 heterocycles. The number of piperidine rings is 1. The number of ether oxygens (including phenoxy) is 1. The van der Waals surface area contributed by atoms with Gasteiger partial charge in [-0.25, -0.2) is 4.79 Å². The molecule has 1 aliphatic rings. The van der Waals surface area contributed by atoms with Gasteiger partial charge in [0.15, 0.2) is 5.78 Å². The van der Waals surface area contributed by atoms with E-state index in [0.29, 0.717) is 11.4 Å². The minimum Gasteiger partial charge on any atom is -0.480 e. The van der Waals surface area contributed by atoms with Gasteiger partial charge in [0.1, 0.15) is 13.2 Å². The summed E-state index contributed by atoms with van der Waals surface area (Å²) in [6, 6.07) is 6.97. The zero-order valence-electron chi connectivity index (χ0n) is 15.4. The molecule has 0 bridgehead atoms. The smallest absolute Gasteiger partial charge is 0.329 e. The van der Waals surface area contributed by atoms with E-state index in [1.165, 1.54) is 6.08 Å². The van der Waals surface area contributed by atoms with E-state index < -0.39 is 12.6 Å². The van der Waals surface area contributed by atoms with Crippen LogP contribution in [-0.2, 0) is 25.5 Å². The number of hydrogen-bond acceptors (Lipinski definition) is 4. The molecule has 0 spiro atoms. The highest BCUT2D eigenvalue weighted by atomic mass is 35.5. The van der Waals surface area contributed by atoms with E-state index >= 15 is 0 Å². The molecule has 1 amide bonds. The maximum absolute atomic E-state index is 12.2. The largest absolute Gasteiger partial charge is 0.480 e. The molecule has 0 unspecified atom stereocenters. The highest BCUT2D eigenvalue weighted by Crippen LogP contribution is 2.19. The topological polar surface area (TPSA) is 83.9 Å². The number of carbonyl (C=O) groups is 3. The van der Waals surface area contributed by atoms with Crippen LogP contribution in [0.25, 0.3) is 0 Å². The van der Waals surface area contributed by atoms with Gasteiger partial charge in [0.2, 0.25) is 5.91 Å². The van der Waals surface area contributed by atoms with Gasteiger partial charge in [-0.2, -0.15) is 0 Å². The summed E-state index contributed by atoms with van der Waals surface area (Å²) < 4.78 is 4.84. The van der Waals surface area contributed by atoms with Gasteiger partial charge >= 0.3 is 5.97 Å². The minimum absolute atomic E-state index is 0.00699. The number of halogens is 1. The lowest BCUT2D eigenvalue weighted by atomic mass is 10.00. The van der Waals surface area contributed by atoms with Crippen molar-refractivity contribution >= 4 is 29.3 Å². The lowest BCUT2D eigenvalue weighted by Gasteiger charge is -2.32. The number of aliphatic carboxylic acids is 1. The Balaban J connectivity index is 1.90. The van der Waals surface area contributed by atoms with Crippen LogP contribution < -0.4 is 0 Å². The van der Waals surface area contributed by atoms with E-state index in [9.17, 15) is 14.4 Å². The number of rotatable bonds is 8. The van der Waals surface area contributed by atoms with Gasteiger partial charge in [-0.1, -0.05) is 41.7 Å².